The third-order valence-corrected chi connectivity index (χ3v) is 5.34. The molecule has 1 atom stereocenters. The maximum absolute atomic E-state index is 8.87. The van der Waals surface area contributed by atoms with Gasteiger partial charge in [0.1, 0.15) is 7.05 Å². The molecule has 0 amide bonds. The van der Waals surface area contributed by atoms with E-state index in [1.807, 2.05) is 38.1 Å². The minimum absolute atomic E-state index is 0.359. The summed E-state index contributed by atoms with van der Waals surface area (Å²) in [5.41, 5.74) is 2.39. The summed E-state index contributed by atoms with van der Waals surface area (Å²) in [4.78, 5) is 4.58. The van der Waals surface area contributed by atoms with E-state index >= 15 is 0 Å². The molecule has 3 aromatic heterocycles. The van der Waals surface area contributed by atoms with Crippen molar-refractivity contribution in [3.8, 4) is 11.3 Å². The van der Waals surface area contributed by atoms with E-state index in [1.54, 1.807) is 7.05 Å². The zero-order valence-corrected chi connectivity index (χ0v) is 17.0. The van der Waals surface area contributed by atoms with E-state index in [1.165, 1.54) is 10.6 Å². The van der Waals surface area contributed by atoms with Crippen molar-refractivity contribution >= 4 is 22.1 Å². The van der Waals surface area contributed by atoms with Crippen molar-refractivity contribution in [2.75, 3.05) is 0 Å². The smallest absolute Gasteiger partial charge is 0.227 e. The van der Waals surface area contributed by atoms with Gasteiger partial charge in [0.25, 0.3) is 0 Å². The third-order valence-electron chi connectivity index (χ3n) is 5.34. The second-order valence-corrected chi connectivity index (χ2v) is 7.34. The van der Waals surface area contributed by atoms with Gasteiger partial charge in [-0.15, -0.1) is 0 Å². The zero-order chi connectivity index (χ0) is 30.2. The molecule has 150 valence electrons. The summed E-state index contributed by atoms with van der Waals surface area (Å²) in [7, 11) is 1.55. The van der Waals surface area contributed by atoms with Gasteiger partial charge in [-0.2, -0.15) is 0 Å². The molecule has 3 nitrogen and oxygen atoms in total. The Kier molecular flexibility index (Phi) is 2.61. The van der Waals surface area contributed by atoms with Crippen LogP contribution in [-0.4, -0.2) is 4.98 Å². The quantitative estimate of drug-likeness (QED) is 0.363. The van der Waals surface area contributed by atoms with Crippen LogP contribution >= 0.6 is 0 Å². The second-order valence-electron chi connectivity index (χ2n) is 7.34. The van der Waals surface area contributed by atoms with Gasteiger partial charge in [0.05, 0.1) is 5.56 Å². The third kappa shape index (κ3) is 3.23. The number of nitrogens with zero attached hydrogens (tertiary/aromatic N) is 2. The number of aromatic nitrogens is 2. The second kappa shape index (κ2) is 7.29. The van der Waals surface area contributed by atoms with Crippen LogP contribution < -0.4 is 4.57 Å². The van der Waals surface area contributed by atoms with E-state index in [0.29, 0.717) is 29.0 Å². The lowest BCUT2D eigenvalue weighted by Gasteiger charge is -2.16. The molecule has 0 radical (unpaired) electrons. The Hall–Kier alpha value is -2.68. The molecule has 0 bridgehead atoms. The van der Waals surface area contributed by atoms with Crippen molar-refractivity contribution in [3.63, 3.8) is 0 Å². The monoisotopic (exact) mass is 398 g/mol. The molecule has 0 N–H and O–H groups in total. The van der Waals surface area contributed by atoms with Crippen molar-refractivity contribution in [3.05, 3.63) is 58.9 Å². The number of aryl methyl sites for hydroxylation is 3. The van der Waals surface area contributed by atoms with Gasteiger partial charge in [-0.3, -0.25) is 0 Å². The van der Waals surface area contributed by atoms with Crippen molar-refractivity contribution < 1.29 is 24.1 Å². The van der Waals surface area contributed by atoms with Crippen LogP contribution in [0.15, 0.2) is 40.9 Å². The molecule has 0 saturated carbocycles. The summed E-state index contributed by atoms with van der Waals surface area (Å²) in [6, 6.07) is 8.88. The van der Waals surface area contributed by atoms with Gasteiger partial charge in [0, 0.05) is 43.2 Å². The number of furan rings is 1. The van der Waals surface area contributed by atoms with E-state index in [2.05, 4.69) is 4.98 Å². The number of pyridine rings is 2. The standard InChI is InChI=1S/C26H31N2O/c1-8-18-10-12-20-19-11-9-17(6)24(25(19)29-26(20)27-18)23-13-21(15(2)3)22(16(4)5)14-28(23)7/h9-16H,8H2,1-7H3/q+1/i2D3,4D3,5D3,15D,16D. The molecule has 29 heavy (non-hydrogen) atoms. The average molecular weight is 399 g/mol. The van der Waals surface area contributed by atoms with Gasteiger partial charge >= 0.3 is 0 Å². The predicted octanol–water partition coefficient (Wildman–Crippen LogP) is 6.59. The van der Waals surface area contributed by atoms with Crippen LogP contribution in [0.1, 0.15) is 83.7 Å². The molecule has 3 heteroatoms. The lowest BCUT2D eigenvalue weighted by Crippen LogP contribution is -2.32. The highest BCUT2D eigenvalue weighted by atomic mass is 16.3. The number of hydrogen-bond donors (Lipinski definition) is 0. The van der Waals surface area contributed by atoms with E-state index in [9.17, 15) is 0 Å². The first kappa shape index (κ1) is 10.4. The van der Waals surface area contributed by atoms with Crippen LogP contribution in [0.4, 0.5) is 0 Å². The topological polar surface area (TPSA) is 29.9 Å². The number of hydrogen-bond acceptors (Lipinski definition) is 2. The number of benzene rings is 1. The molecule has 0 fully saturated rings. The van der Waals surface area contributed by atoms with E-state index in [4.69, 9.17) is 19.5 Å². The first-order valence-electron chi connectivity index (χ1n) is 15.0. The Morgan fingerprint density at radius 1 is 1.10 bits per heavy atom. The minimum Gasteiger partial charge on any atom is -0.437 e. The predicted molar refractivity (Wildman–Crippen MR) is 120 cm³/mol. The Morgan fingerprint density at radius 3 is 2.59 bits per heavy atom. The Balaban J connectivity index is 2.16. The van der Waals surface area contributed by atoms with Crippen molar-refractivity contribution in [1.82, 2.24) is 4.98 Å². The highest BCUT2D eigenvalue weighted by Crippen LogP contribution is 2.38. The number of rotatable bonds is 4. The molecule has 0 spiro atoms. The number of fused-ring (bicyclic) bond motifs is 3. The SMILES string of the molecule is [2H]C([2H])([2H])C([2H])(C)c1cc(-c2c(C)ccc3c2oc2nc(CC)ccc23)[n+](C)cc1C([2H])(C([2H])([2H])[2H])C([2H])([2H])[2H]. The summed E-state index contributed by atoms with van der Waals surface area (Å²) < 4.78 is 97.6. The fourth-order valence-corrected chi connectivity index (χ4v) is 3.78. The molecular formula is C26H31N2O+. The molecule has 1 aromatic carbocycles. The molecule has 3 heterocycles. The zero-order valence-electron chi connectivity index (χ0n) is 28.0. The molecule has 4 rings (SSSR count). The largest absolute Gasteiger partial charge is 0.437 e. The van der Waals surface area contributed by atoms with Gasteiger partial charge in [0.2, 0.25) is 11.4 Å². The van der Waals surface area contributed by atoms with Crippen LogP contribution in [0.5, 0.6) is 0 Å². The highest BCUT2D eigenvalue weighted by molar-refractivity contribution is 6.08. The van der Waals surface area contributed by atoms with Crippen LogP contribution in [0.3, 0.4) is 0 Å². The summed E-state index contributed by atoms with van der Waals surface area (Å²) in [6.45, 7) is -4.85. The summed E-state index contributed by atoms with van der Waals surface area (Å²) in [5.74, 6) is -5.67. The van der Waals surface area contributed by atoms with Gasteiger partial charge in [-0.25, -0.2) is 9.55 Å². The highest BCUT2D eigenvalue weighted by Gasteiger charge is 2.24. The first-order valence-corrected chi connectivity index (χ1v) is 9.53. The Bertz CT molecular complexity index is 1600. The fraction of sp³-hybridized carbons (Fsp3) is 0.385. The van der Waals surface area contributed by atoms with Gasteiger partial charge in [0.15, 0.2) is 11.8 Å². The summed E-state index contributed by atoms with van der Waals surface area (Å²) in [5, 5.41) is 1.52. The maximum Gasteiger partial charge on any atom is 0.227 e. The van der Waals surface area contributed by atoms with E-state index in [-0.39, 0.29) is 5.56 Å². The Labute approximate surface area is 188 Å². The average Bonchev–Trinajstić information content (AvgIpc) is 3.19. The molecule has 0 aliphatic rings. The van der Waals surface area contributed by atoms with E-state index < -0.39 is 37.9 Å². The van der Waals surface area contributed by atoms with Crippen LogP contribution in [0.25, 0.3) is 33.3 Å². The lowest BCUT2D eigenvalue weighted by molar-refractivity contribution is -0.660. The normalized spacial score (nSPS) is 21.3. The van der Waals surface area contributed by atoms with Gasteiger partial charge < -0.3 is 4.42 Å². The van der Waals surface area contributed by atoms with Crippen molar-refractivity contribution in [2.45, 2.75) is 59.5 Å². The van der Waals surface area contributed by atoms with Gasteiger partial charge in [-0.05, 0) is 48.4 Å². The molecule has 0 saturated heterocycles. The van der Waals surface area contributed by atoms with Crippen LogP contribution in [0.2, 0.25) is 0 Å². The molecular weight excluding hydrogens is 356 g/mol. The molecule has 1 unspecified atom stereocenters. The van der Waals surface area contributed by atoms with Crippen molar-refractivity contribution in [1.29, 1.82) is 0 Å². The van der Waals surface area contributed by atoms with Gasteiger partial charge in [-0.1, -0.05) is 46.5 Å². The lowest BCUT2D eigenvalue weighted by atomic mass is 9.90. The van der Waals surface area contributed by atoms with Crippen LogP contribution in [-0.2, 0) is 13.5 Å². The summed E-state index contributed by atoms with van der Waals surface area (Å²) >= 11 is 0. The van der Waals surface area contributed by atoms with Crippen LogP contribution in [0, 0.1) is 6.92 Å². The first-order chi connectivity index (χ1) is 18.2. The molecule has 0 aliphatic heterocycles. The molecule has 0 aliphatic carbocycles. The minimum atomic E-state index is -3.37. The van der Waals surface area contributed by atoms with Crippen molar-refractivity contribution in [2.24, 2.45) is 7.05 Å². The molecule has 4 aromatic rings. The fourth-order valence-electron chi connectivity index (χ4n) is 3.78. The maximum atomic E-state index is 8.87. The Morgan fingerprint density at radius 2 is 1.86 bits per heavy atom. The van der Waals surface area contributed by atoms with E-state index in [0.717, 1.165) is 35.2 Å². The summed E-state index contributed by atoms with van der Waals surface area (Å²) in [6.07, 6.45) is 1.86.